The third-order valence-corrected chi connectivity index (χ3v) is 5.61. The van der Waals surface area contributed by atoms with Gasteiger partial charge in [-0.2, -0.15) is 0 Å². The Kier molecular flexibility index (Phi) is 8.14. The molecule has 1 amide bonds. The average Bonchev–Trinajstić information content (AvgIpc) is 2.74. The molecule has 1 aliphatic rings. The number of nitrogens with zero attached hydrogens (tertiary/aromatic N) is 3. The Morgan fingerprint density at radius 3 is 2.62 bits per heavy atom. The standard InChI is InChI=1S/C23H32N4O2/c1-18-5-3-4-6-21(18)23-25-15-20(16-26-23)17-27-12-9-19(10-13-27)7-8-22(28)24-11-14-29-2/h3-6,15-16,19H,7-14,17H2,1-2H3,(H,24,28). The lowest BCUT2D eigenvalue weighted by Gasteiger charge is -2.31. The molecule has 0 radical (unpaired) electrons. The first-order valence-corrected chi connectivity index (χ1v) is 10.5. The number of amides is 1. The number of nitrogens with one attached hydrogen (secondary N) is 1. The van der Waals surface area contributed by atoms with Crippen molar-refractivity contribution in [1.29, 1.82) is 0 Å². The SMILES string of the molecule is COCCNC(=O)CCC1CCN(Cc2cnc(-c3ccccc3C)nc2)CC1. The molecule has 0 spiro atoms. The van der Waals surface area contributed by atoms with Crippen molar-refractivity contribution in [2.75, 3.05) is 33.4 Å². The summed E-state index contributed by atoms with van der Waals surface area (Å²) in [6.45, 7) is 6.27. The van der Waals surface area contributed by atoms with Crippen LogP contribution >= 0.6 is 0 Å². The highest BCUT2D eigenvalue weighted by atomic mass is 16.5. The zero-order valence-corrected chi connectivity index (χ0v) is 17.6. The Balaban J connectivity index is 1.40. The van der Waals surface area contributed by atoms with E-state index in [-0.39, 0.29) is 5.91 Å². The van der Waals surface area contributed by atoms with Gasteiger partial charge in [-0.1, -0.05) is 24.3 Å². The predicted octanol–water partition coefficient (Wildman–Crippen LogP) is 3.21. The maximum atomic E-state index is 11.8. The minimum absolute atomic E-state index is 0.135. The van der Waals surface area contributed by atoms with Gasteiger partial charge < -0.3 is 10.1 Å². The Labute approximate surface area is 173 Å². The van der Waals surface area contributed by atoms with E-state index in [0.29, 0.717) is 25.5 Å². The van der Waals surface area contributed by atoms with E-state index >= 15 is 0 Å². The van der Waals surface area contributed by atoms with Crippen molar-refractivity contribution in [3.8, 4) is 11.4 Å². The second kappa shape index (κ2) is 11.0. The number of methoxy groups -OCH3 is 1. The highest BCUT2D eigenvalue weighted by Gasteiger charge is 2.20. The quantitative estimate of drug-likeness (QED) is 0.659. The molecule has 1 aromatic carbocycles. The molecule has 0 atom stereocenters. The second-order valence-electron chi connectivity index (χ2n) is 7.83. The Hall–Kier alpha value is -2.31. The first-order valence-electron chi connectivity index (χ1n) is 10.5. The smallest absolute Gasteiger partial charge is 0.220 e. The number of hydrogen-bond donors (Lipinski definition) is 1. The number of hydrogen-bond acceptors (Lipinski definition) is 5. The molecule has 1 saturated heterocycles. The molecular formula is C23H32N4O2. The van der Waals surface area contributed by atoms with Crippen LogP contribution in [0.25, 0.3) is 11.4 Å². The highest BCUT2D eigenvalue weighted by molar-refractivity contribution is 5.75. The van der Waals surface area contributed by atoms with E-state index in [4.69, 9.17) is 4.74 Å². The van der Waals surface area contributed by atoms with Crippen LogP contribution in [0.2, 0.25) is 0 Å². The van der Waals surface area contributed by atoms with Crippen LogP contribution in [0.15, 0.2) is 36.7 Å². The normalized spacial score (nSPS) is 15.4. The largest absolute Gasteiger partial charge is 0.383 e. The first kappa shape index (κ1) is 21.4. The zero-order chi connectivity index (χ0) is 20.5. The molecule has 1 aromatic heterocycles. The van der Waals surface area contributed by atoms with Crippen LogP contribution in [0.5, 0.6) is 0 Å². The number of aryl methyl sites for hydroxylation is 1. The van der Waals surface area contributed by atoms with E-state index in [1.807, 2.05) is 24.5 Å². The summed E-state index contributed by atoms with van der Waals surface area (Å²) in [6, 6.07) is 8.20. The molecule has 0 aliphatic carbocycles. The van der Waals surface area contributed by atoms with Crippen molar-refractivity contribution in [2.24, 2.45) is 5.92 Å². The summed E-state index contributed by atoms with van der Waals surface area (Å²) in [5.74, 6) is 1.56. The van der Waals surface area contributed by atoms with Gasteiger partial charge in [-0.3, -0.25) is 9.69 Å². The molecule has 2 aromatic rings. The van der Waals surface area contributed by atoms with E-state index in [0.717, 1.165) is 55.8 Å². The average molecular weight is 397 g/mol. The predicted molar refractivity (Wildman–Crippen MR) is 114 cm³/mol. The third kappa shape index (κ3) is 6.61. The zero-order valence-electron chi connectivity index (χ0n) is 17.6. The molecule has 156 valence electrons. The molecule has 1 N–H and O–H groups in total. The van der Waals surface area contributed by atoms with Gasteiger partial charge in [0.2, 0.25) is 5.91 Å². The Bertz CT molecular complexity index is 771. The summed E-state index contributed by atoms with van der Waals surface area (Å²) in [5.41, 5.74) is 3.43. The lowest BCUT2D eigenvalue weighted by molar-refractivity contribution is -0.121. The van der Waals surface area contributed by atoms with Crippen LogP contribution in [0.4, 0.5) is 0 Å². The molecule has 2 heterocycles. The van der Waals surface area contributed by atoms with E-state index in [1.165, 1.54) is 5.56 Å². The molecule has 6 heteroatoms. The fraction of sp³-hybridized carbons (Fsp3) is 0.522. The number of carbonyl (C=O) groups excluding carboxylic acids is 1. The van der Waals surface area contributed by atoms with Crippen molar-refractivity contribution < 1.29 is 9.53 Å². The van der Waals surface area contributed by atoms with Crippen LogP contribution in [0.1, 0.15) is 36.8 Å². The first-order chi connectivity index (χ1) is 14.2. The van der Waals surface area contributed by atoms with E-state index < -0.39 is 0 Å². The van der Waals surface area contributed by atoms with E-state index in [1.54, 1.807) is 7.11 Å². The summed E-state index contributed by atoms with van der Waals surface area (Å²) in [4.78, 5) is 23.4. The third-order valence-electron chi connectivity index (χ3n) is 5.61. The van der Waals surface area contributed by atoms with Crippen molar-refractivity contribution in [3.63, 3.8) is 0 Å². The fourth-order valence-corrected chi connectivity index (χ4v) is 3.81. The maximum absolute atomic E-state index is 11.8. The van der Waals surface area contributed by atoms with Gasteiger partial charge >= 0.3 is 0 Å². The van der Waals surface area contributed by atoms with Crippen molar-refractivity contribution in [3.05, 3.63) is 47.8 Å². The Morgan fingerprint density at radius 2 is 1.93 bits per heavy atom. The minimum atomic E-state index is 0.135. The summed E-state index contributed by atoms with van der Waals surface area (Å²) < 4.78 is 4.95. The molecule has 0 unspecified atom stereocenters. The lowest BCUT2D eigenvalue weighted by atomic mass is 9.92. The molecule has 6 nitrogen and oxygen atoms in total. The van der Waals surface area contributed by atoms with Gasteiger partial charge in [0.05, 0.1) is 6.61 Å². The summed E-state index contributed by atoms with van der Waals surface area (Å²) in [7, 11) is 1.64. The van der Waals surface area contributed by atoms with Gasteiger partial charge in [0.25, 0.3) is 0 Å². The molecule has 29 heavy (non-hydrogen) atoms. The lowest BCUT2D eigenvalue weighted by Crippen LogP contribution is -2.34. The summed E-state index contributed by atoms with van der Waals surface area (Å²) >= 11 is 0. The Morgan fingerprint density at radius 1 is 1.21 bits per heavy atom. The number of carbonyl (C=O) groups is 1. The van der Waals surface area contributed by atoms with Crippen LogP contribution in [0, 0.1) is 12.8 Å². The molecule has 1 aliphatic heterocycles. The van der Waals surface area contributed by atoms with Crippen molar-refractivity contribution in [1.82, 2.24) is 20.2 Å². The van der Waals surface area contributed by atoms with Gasteiger partial charge in [0.1, 0.15) is 0 Å². The van der Waals surface area contributed by atoms with Crippen LogP contribution in [0.3, 0.4) is 0 Å². The molecule has 0 saturated carbocycles. The topological polar surface area (TPSA) is 67.3 Å². The molecular weight excluding hydrogens is 364 g/mol. The highest BCUT2D eigenvalue weighted by Crippen LogP contribution is 2.23. The maximum Gasteiger partial charge on any atom is 0.220 e. The number of piperidine rings is 1. The van der Waals surface area contributed by atoms with Crippen molar-refractivity contribution in [2.45, 2.75) is 39.2 Å². The number of benzene rings is 1. The van der Waals surface area contributed by atoms with Crippen LogP contribution in [-0.2, 0) is 16.1 Å². The molecule has 0 bridgehead atoms. The number of ether oxygens (including phenoxy) is 1. The number of likely N-dealkylation sites (tertiary alicyclic amines) is 1. The van der Waals surface area contributed by atoms with Gasteiger partial charge in [-0.25, -0.2) is 9.97 Å². The monoisotopic (exact) mass is 396 g/mol. The van der Waals surface area contributed by atoms with E-state index in [2.05, 4.69) is 39.2 Å². The fourth-order valence-electron chi connectivity index (χ4n) is 3.81. The summed E-state index contributed by atoms with van der Waals surface area (Å²) in [5, 5.41) is 2.90. The van der Waals surface area contributed by atoms with Crippen LogP contribution < -0.4 is 5.32 Å². The minimum Gasteiger partial charge on any atom is -0.383 e. The van der Waals surface area contributed by atoms with Crippen LogP contribution in [-0.4, -0.2) is 54.1 Å². The van der Waals surface area contributed by atoms with Gasteiger partial charge in [0, 0.05) is 50.1 Å². The van der Waals surface area contributed by atoms with E-state index in [9.17, 15) is 4.79 Å². The van der Waals surface area contributed by atoms with Gasteiger partial charge in [-0.15, -0.1) is 0 Å². The van der Waals surface area contributed by atoms with Crippen molar-refractivity contribution >= 4 is 5.91 Å². The van der Waals surface area contributed by atoms with Gasteiger partial charge in [0.15, 0.2) is 5.82 Å². The number of aromatic nitrogens is 2. The molecule has 3 rings (SSSR count). The van der Waals surface area contributed by atoms with Gasteiger partial charge in [-0.05, 0) is 50.8 Å². The second-order valence-corrected chi connectivity index (χ2v) is 7.83. The number of rotatable bonds is 9. The molecule has 1 fully saturated rings. The summed E-state index contributed by atoms with van der Waals surface area (Å²) in [6.07, 6.45) is 7.78.